The molecule has 62 valence electrons. The van der Waals surface area contributed by atoms with Gasteiger partial charge in [0, 0.05) is 5.92 Å². The van der Waals surface area contributed by atoms with E-state index in [1.54, 1.807) is 0 Å². The third kappa shape index (κ3) is 3.79. The maximum Gasteiger partial charge on any atom is 0.165 e. The summed E-state index contributed by atoms with van der Waals surface area (Å²) in [6.45, 7) is 3.89. The van der Waals surface area contributed by atoms with E-state index in [0.29, 0.717) is 12.7 Å². The zero-order valence-corrected chi connectivity index (χ0v) is 6.28. The summed E-state index contributed by atoms with van der Waals surface area (Å²) in [4.78, 5) is 0. The molecule has 4 nitrogen and oxygen atoms in total. The van der Waals surface area contributed by atoms with Crippen molar-refractivity contribution in [1.29, 1.82) is 0 Å². The van der Waals surface area contributed by atoms with Crippen LogP contribution in [0.3, 0.4) is 0 Å². The van der Waals surface area contributed by atoms with Gasteiger partial charge in [-0.2, -0.15) is 0 Å². The number of rotatable bonds is 1. The highest BCUT2D eigenvalue weighted by molar-refractivity contribution is 4.52. The van der Waals surface area contributed by atoms with Crippen LogP contribution in [0, 0.1) is 5.92 Å². The molecule has 0 spiro atoms. The summed E-state index contributed by atoms with van der Waals surface area (Å²) in [6, 6.07) is 0. The van der Waals surface area contributed by atoms with Gasteiger partial charge in [0.1, 0.15) is 6.79 Å². The highest BCUT2D eigenvalue weighted by Crippen LogP contribution is 2.15. The minimum atomic E-state index is -0.750. The summed E-state index contributed by atoms with van der Waals surface area (Å²) in [6.07, 6.45) is 0.0833. The second-order valence-corrected chi connectivity index (χ2v) is 2.21. The lowest BCUT2D eigenvalue weighted by atomic mass is 10.2. The van der Waals surface area contributed by atoms with E-state index in [2.05, 4.69) is 13.8 Å². The molecule has 1 heterocycles. The smallest absolute Gasteiger partial charge is 0.165 e. The molecule has 0 bridgehead atoms. The van der Waals surface area contributed by atoms with Gasteiger partial charge in [-0.15, -0.1) is 0 Å². The van der Waals surface area contributed by atoms with Crippen LogP contribution in [0.15, 0.2) is 0 Å². The van der Waals surface area contributed by atoms with Crippen molar-refractivity contribution in [2.75, 3.05) is 13.6 Å². The molecule has 0 radical (unpaired) electrons. The molecule has 0 saturated carbocycles. The predicted molar refractivity (Wildman–Crippen MR) is 35.0 cm³/mol. The van der Waals surface area contributed by atoms with E-state index in [1.165, 1.54) is 0 Å². The summed E-state index contributed by atoms with van der Waals surface area (Å²) >= 11 is 0. The van der Waals surface area contributed by atoms with Crippen LogP contribution in [-0.4, -0.2) is 30.1 Å². The monoisotopic (exact) mass is 150 g/mol. The molecule has 1 aliphatic rings. The largest absolute Gasteiger partial charge is 0.371 e. The van der Waals surface area contributed by atoms with Crippen LogP contribution >= 0.6 is 0 Å². The molecular formula is C6H14O4. The van der Waals surface area contributed by atoms with Gasteiger partial charge in [0.2, 0.25) is 0 Å². The molecular weight excluding hydrogens is 136 g/mol. The standard InChI is InChI=1S/C5H10O2.CH4O2/c1-4(2)5-6-3-7-5;2-1-3/h4-5H,3H2,1-2H3;2-3H,1H2. The van der Waals surface area contributed by atoms with Crippen molar-refractivity contribution >= 4 is 0 Å². The fraction of sp³-hybridized carbons (Fsp3) is 1.00. The SMILES string of the molecule is CC(C)C1OCO1.OCO. The Kier molecular flexibility index (Phi) is 5.52. The van der Waals surface area contributed by atoms with Gasteiger partial charge in [0.05, 0.1) is 0 Å². The van der Waals surface area contributed by atoms with Crippen molar-refractivity contribution in [3.05, 3.63) is 0 Å². The van der Waals surface area contributed by atoms with Crippen LogP contribution in [0.1, 0.15) is 13.8 Å². The molecule has 0 aliphatic carbocycles. The molecule has 0 amide bonds. The average Bonchev–Trinajstić information content (AvgIpc) is 1.59. The number of aliphatic hydroxyl groups excluding tert-OH is 1. The topological polar surface area (TPSA) is 58.9 Å². The van der Waals surface area contributed by atoms with Crippen LogP contribution < -0.4 is 0 Å². The van der Waals surface area contributed by atoms with Gasteiger partial charge >= 0.3 is 0 Å². The second kappa shape index (κ2) is 5.61. The molecule has 1 fully saturated rings. The second-order valence-electron chi connectivity index (χ2n) is 2.21. The van der Waals surface area contributed by atoms with Gasteiger partial charge in [-0.1, -0.05) is 13.8 Å². The summed E-state index contributed by atoms with van der Waals surface area (Å²) in [5.74, 6) is 0.508. The molecule has 0 aromatic heterocycles. The Morgan fingerprint density at radius 3 is 1.80 bits per heavy atom. The fourth-order valence-electron chi connectivity index (χ4n) is 0.532. The fourth-order valence-corrected chi connectivity index (χ4v) is 0.532. The van der Waals surface area contributed by atoms with Crippen LogP contribution in [0.25, 0.3) is 0 Å². The molecule has 4 heteroatoms. The maximum absolute atomic E-state index is 7.12. The minimum absolute atomic E-state index is 0.0833. The molecule has 0 atom stereocenters. The van der Waals surface area contributed by atoms with Gasteiger partial charge in [-0.05, 0) is 0 Å². The van der Waals surface area contributed by atoms with E-state index in [4.69, 9.17) is 19.7 Å². The molecule has 1 aliphatic heterocycles. The van der Waals surface area contributed by atoms with Gasteiger partial charge in [0.15, 0.2) is 13.1 Å². The number of ether oxygens (including phenoxy) is 2. The highest BCUT2D eigenvalue weighted by atomic mass is 16.8. The quantitative estimate of drug-likeness (QED) is 0.512. The Bertz CT molecular complexity index is 70.1. The normalized spacial score (nSPS) is 17.7. The van der Waals surface area contributed by atoms with Crippen molar-refractivity contribution < 1.29 is 19.7 Å². The molecule has 2 N–H and O–H groups in total. The highest BCUT2D eigenvalue weighted by Gasteiger charge is 2.21. The van der Waals surface area contributed by atoms with Gasteiger partial charge in [-0.25, -0.2) is 0 Å². The van der Waals surface area contributed by atoms with Crippen LogP contribution in [0.5, 0.6) is 0 Å². The minimum Gasteiger partial charge on any atom is -0.371 e. The average molecular weight is 150 g/mol. The Hall–Kier alpha value is -0.160. The van der Waals surface area contributed by atoms with E-state index in [0.717, 1.165) is 0 Å². The predicted octanol–water partition coefficient (Wildman–Crippen LogP) is -0.0987. The van der Waals surface area contributed by atoms with Crippen LogP contribution in [0.2, 0.25) is 0 Å². The first kappa shape index (κ1) is 9.84. The van der Waals surface area contributed by atoms with Crippen molar-refractivity contribution in [2.45, 2.75) is 20.1 Å². The molecule has 0 aromatic carbocycles. The number of hydrogen-bond acceptors (Lipinski definition) is 4. The lowest BCUT2D eigenvalue weighted by Crippen LogP contribution is -2.34. The third-order valence-electron chi connectivity index (χ3n) is 1.01. The number of hydrogen-bond donors (Lipinski definition) is 2. The first-order chi connectivity index (χ1) is 4.72. The number of aliphatic hydroxyl groups is 2. The summed E-state index contributed by atoms with van der Waals surface area (Å²) in [7, 11) is 0. The summed E-state index contributed by atoms with van der Waals surface area (Å²) in [5.41, 5.74) is 0. The van der Waals surface area contributed by atoms with Crippen molar-refractivity contribution in [1.82, 2.24) is 0 Å². The molecule has 1 rings (SSSR count). The first-order valence-electron chi connectivity index (χ1n) is 3.17. The molecule has 0 aromatic rings. The van der Waals surface area contributed by atoms with E-state index in [1.807, 2.05) is 0 Å². The van der Waals surface area contributed by atoms with Crippen molar-refractivity contribution in [3.63, 3.8) is 0 Å². The van der Waals surface area contributed by atoms with Crippen molar-refractivity contribution in [3.8, 4) is 0 Å². The van der Waals surface area contributed by atoms with E-state index in [9.17, 15) is 0 Å². The maximum atomic E-state index is 7.12. The third-order valence-corrected chi connectivity index (χ3v) is 1.01. The van der Waals surface area contributed by atoms with Gasteiger partial charge in [0.25, 0.3) is 0 Å². The van der Waals surface area contributed by atoms with E-state index < -0.39 is 6.79 Å². The summed E-state index contributed by atoms with van der Waals surface area (Å²) < 4.78 is 9.94. The Morgan fingerprint density at radius 1 is 1.40 bits per heavy atom. The van der Waals surface area contributed by atoms with E-state index >= 15 is 0 Å². The van der Waals surface area contributed by atoms with Crippen molar-refractivity contribution in [2.24, 2.45) is 5.92 Å². The Balaban J connectivity index is 0.000000236. The molecule has 1 saturated heterocycles. The lowest BCUT2D eigenvalue weighted by Gasteiger charge is -2.29. The Labute approximate surface area is 60.4 Å². The Morgan fingerprint density at radius 2 is 1.80 bits per heavy atom. The van der Waals surface area contributed by atoms with Gasteiger partial charge in [-0.3, -0.25) is 0 Å². The lowest BCUT2D eigenvalue weighted by molar-refractivity contribution is -0.335. The summed E-state index contributed by atoms with van der Waals surface area (Å²) in [5, 5.41) is 14.2. The molecule has 0 unspecified atom stereocenters. The van der Waals surface area contributed by atoms with Gasteiger partial charge < -0.3 is 19.7 Å². The first-order valence-corrected chi connectivity index (χ1v) is 3.17. The zero-order chi connectivity index (χ0) is 7.98. The van der Waals surface area contributed by atoms with E-state index in [-0.39, 0.29) is 6.29 Å². The van der Waals surface area contributed by atoms with Crippen LogP contribution in [-0.2, 0) is 9.47 Å². The zero-order valence-electron chi connectivity index (χ0n) is 6.28. The molecule has 10 heavy (non-hydrogen) atoms. The van der Waals surface area contributed by atoms with Crippen LogP contribution in [0.4, 0.5) is 0 Å².